The lowest BCUT2D eigenvalue weighted by molar-refractivity contribution is 0.412. The van der Waals surface area contributed by atoms with Crippen LogP contribution in [0.4, 0.5) is 5.82 Å². The van der Waals surface area contributed by atoms with E-state index in [4.69, 9.17) is 4.74 Å². The number of hydrogen-bond donors (Lipinski definition) is 1. The van der Waals surface area contributed by atoms with Gasteiger partial charge >= 0.3 is 0 Å². The summed E-state index contributed by atoms with van der Waals surface area (Å²) < 4.78 is 7.55. The first-order chi connectivity index (χ1) is 9.99. The van der Waals surface area contributed by atoms with E-state index in [9.17, 15) is 0 Å². The van der Waals surface area contributed by atoms with E-state index in [1.807, 2.05) is 26.1 Å². The van der Waals surface area contributed by atoms with Crippen LogP contribution in [0.25, 0.3) is 0 Å². The summed E-state index contributed by atoms with van der Waals surface area (Å²) in [5, 5.41) is 7.55. The van der Waals surface area contributed by atoms with E-state index in [0.29, 0.717) is 11.8 Å². The Labute approximate surface area is 125 Å². The number of anilines is 1. The number of hydrogen-bond acceptors (Lipinski definition) is 5. The molecule has 114 valence electrons. The Morgan fingerprint density at radius 1 is 1.29 bits per heavy atom. The molecule has 0 fully saturated rings. The van der Waals surface area contributed by atoms with E-state index >= 15 is 0 Å². The zero-order valence-corrected chi connectivity index (χ0v) is 13.3. The van der Waals surface area contributed by atoms with Crippen LogP contribution >= 0.6 is 0 Å². The lowest BCUT2D eigenvalue weighted by Gasteiger charge is -2.11. The fourth-order valence-corrected chi connectivity index (χ4v) is 1.89. The first kappa shape index (κ1) is 15.3. The molecule has 0 spiro atoms. The van der Waals surface area contributed by atoms with E-state index in [2.05, 4.69) is 41.2 Å². The van der Waals surface area contributed by atoms with Crippen LogP contribution in [0.3, 0.4) is 0 Å². The standard InChI is InChI=1S/C15H23N5O/c1-6-7-16-12-9-13(18-15(17-12)10(2)3)21-14-8-11(4)19-20(14)5/h8-10H,6-7H2,1-5H3,(H,16,17,18). The molecule has 21 heavy (non-hydrogen) atoms. The normalized spacial score (nSPS) is 11.0. The van der Waals surface area contributed by atoms with E-state index in [1.54, 1.807) is 4.68 Å². The number of aryl methyl sites for hydroxylation is 2. The van der Waals surface area contributed by atoms with Gasteiger partial charge in [0.15, 0.2) is 0 Å². The highest BCUT2D eigenvalue weighted by Gasteiger charge is 2.11. The van der Waals surface area contributed by atoms with Crippen molar-refractivity contribution in [3.8, 4) is 11.8 Å². The number of aromatic nitrogens is 4. The number of ether oxygens (including phenoxy) is 1. The molecule has 2 heterocycles. The maximum absolute atomic E-state index is 5.85. The van der Waals surface area contributed by atoms with E-state index in [0.717, 1.165) is 30.3 Å². The van der Waals surface area contributed by atoms with Gasteiger partial charge < -0.3 is 10.1 Å². The highest BCUT2D eigenvalue weighted by molar-refractivity contribution is 5.40. The van der Waals surface area contributed by atoms with Crippen molar-refractivity contribution < 1.29 is 4.74 Å². The van der Waals surface area contributed by atoms with Gasteiger partial charge in [-0.15, -0.1) is 0 Å². The summed E-state index contributed by atoms with van der Waals surface area (Å²) in [5.74, 6) is 3.01. The van der Waals surface area contributed by atoms with Gasteiger partial charge in [-0.25, -0.2) is 9.67 Å². The van der Waals surface area contributed by atoms with Crippen molar-refractivity contribution in [2.75, 3.05) is 11.9 Å². The molecule has 2 aromatic rings. The first-order valence-corrected chi connectivity index (χ1v) is 7.31. The van der Waals surface area contributed by atoms with Gasteiger partial charge in [0.25, 0.3) is 0 Å². The second kappa shape index (κ2) is 6.56. The molecular weight excluding hydrogens is 266 g/mol. The smallest absolute Gasteiger partial charge is 0.226 e. The maximum Gasteiger partial charge on any atom is 0.226 e. The maximum atomic E-state index is 5.85. The van der Waals surface area contributed by atoms with Crippen molar-refractivity contribution in [1.82, 2.24) is 19.7 Å². The summed E-state index contributed by atoms with van der Waals surface area (Å²) in [7, 11) is 1.85. The van der Waals surface area contributed by atoms with Gasteiger partial charge in [0, 0.05) is 31.6 Å². The molecule has 2 aromatic heterocycles. The predicted octanol–water partition coefficient (Wildman–Crippen LogP) is 3.26. The van der Waals surface area contributed by atoms with E-state index in [-0.39, 0.29) is 5.92 Å². The average Bonchev–Trinajstić information content (AvgIpc) is 2.74. The molecule has 0 saturated carbocycles. The molecule has 0 aliphatic carbocycles. The van der Waals surface area contributed by atoms with E-state index < -0.39 is 0 Å². The molecule has 0 bridgehead atoms. The molecule has 0 aliphatic heterocycles. The number of nitrogens with zero attached hydrogens (tertiary/aromatic N) is 4. The summed E-state index contributed by atoms with van der Waals surface area (Å²) in [4.78, 5) is 8.99. The molecular formula is C15H23N5O. The van der Waals surface area contributed by atoms with Crippen LogP contribution in [0.2, 0.25) is 0 Å². The Bertz CT molecular complexity index is 606. The van der Waals surface area contributed by atoms with Crippen LogP contribution < -0.4 is 10.1 Å². The van der Waals surface area contributed by atoms with Gasteiger partial charge in [0.1, 0.15) is 11.6 Å². The molecule has 0 saturated heterocycles. The zero-order valence-electron chi connectivity index (χ0n) is 13.3. The molecule has 0 amide bonds. The molecule has 0 atom stereocenters. The molecule has 2 rings (SSSR count). The summed E-state index contributed by atoms with van der Waals surface area (Å²) in [6.07, 6.45) is 1.04. The molecule has 0 radical (unpaired) electrons. The first-order valence-electron chi connectivity index (χ1n) is 7.31. The van der Waals surface area contributed by atoms with Crippen molar-refractivity contribution in [2.24, 2.45) is 7.05 Å². The topological polar surface area (TPSA) is 64.9 Å². The van der Waals surface area contributed by atoms with Crippen LogP contribution in [0.5, 0.6) is 11.8 Å². The highest BCUT2D eigenvalue weighted by atomic mass is 16.5. The summed E-state index contributed by atoms with van der Waals surface area (Å²) in [6, 6.07) is 3.71. The predicted molar refractivity (Wildman–Crippen MR) is 82.9 cm³/mol. The van der Waals surface area contributed by atoms with Crippen LogP contribution in [0, 0.1) is 6.92 Å². The van der Waals surface area contributed by atoms with Crippen molar-refractivity contribution in [3.05, 3.63) is 23.7 Å². The molecule has 0 unspecified atom stereocenters. The third-order valence-corrected chi connectivity index (χ3v) is 2.96. The fraction of sp³-hybridized carbons (Fsp3) is 0.533. The van der Waals surface area contributed by atoms with Crippen molar-refractivity contribution in [2.45, 2.75) is 40.0 Å². The second-order valence-corrected chi connectivity index (χ2v) is 5.38. The number of nitrogens with one attached hydrogen (secondary N) is 1. The van der Waals surface area contributed by atoms with Gasteiger partial charge in [-0.1, -0.05) is 20.8 Å². The second-order valence-electron chi connectivity index (χ2n) is 5.38. The molecule has 1 N–H and O–H groups in total. The minimum Gasteiger partial charge on any atom is -0.421 e. The largest absolute Gasteiger partial charge is 0.421 e. The Morgan fingerprint density at radius 3 is 2.62 bits per heavy atom. The third-order valence-electron chi connectivity index (χ3n) is 2.96. The summed E-state index contributed by atoms with van der Waals surface area (Å²) in [6.45, 7) is 9.06. The molecule has 0 aliphatic rings. The average molecular weight is 289 g/mol. The zero-order chi connectivity index (χ0) is 15.4. The Kier molecular flexibility index (Phi) is 4.77. The Hall–Kier alpha value is -2.11. The van der Waals surface area contributed by atoms with Gasteiger partial charge in [0.05, 0.1) is 5.69 Å². The van der Waals surface area contributed by atoms with Gasteiger partial charge in [0.2, 0.25) is 11.8 Å². The Morgan fingerprint density at radius 2 is 2.05 bits per heavy atom. The molecule has 0 aromatic carbocycles. The molecule has 6 heteroatoms. The van der Waals surface area contributed by atoms with Crippen LogP contribution in [-0.4, -0.2) is 26.3 Å². The molecule has 6 nitrogen and oxygen atoms in total. The quantitative estimate of drug-likeness (QED) is 0.884. The van der Waals surface area contributed by atoms with E-state index in [1.165, 1.54) is 0 Å². The van der Waals surface area contributed by atoms with Crippen molar-refractivity contribution in [3.63, 3.8) is 0 Å². The lowest BCUT2D eigenvalue weighted by Crippen LogP contribution is -2.07. The lowest BCUT2D eigenvalue weighted by atomic mass is 10.2. The summed E-state index contributed by atoms with van der Waals surface area (Å²) in [5.41, 5.74) is 0.912. The minimum atomic E-state index is 0.240. The van der Waals surface area contributed by atoms with Crippen molar-refractivity contribution >= 4 is 5.82 Å². The summed E-state index contributed by atoms with van der Waals surface area (Å²) >= 11 is 0. The van der Waals surface area contributed by atoms with Gasteiger partial charge in [-0.3, -0.25) is 0 Å². The highest BCUT2D eigenvalue weighted by Crippen LogP contribution is 2.24. The van der Waals surface area contributed by atoms with Gasteiger partial charge in [-0.2, -0.15) is 10.1 Å². The van der Waals surface area contributed by atoms with Crippen LogP contribution in [0.15, 0.2) is 12.1 Å². The Balaban J connectivity index is 2.28. The monoisotopic (exact) mass is 289 g/mol. The van der Waals surface area contributed by atoms with Crippen LogP contribution in [0.1, 0.15) is 44.6 Å². The minimum absolute atomic E-state index is 0.240. The SMILES string of the molecule is CCCNc1cc(Oc2cc(C)nn2C)nc(C(C)C)n1. The third kappa shape index (κ3) is 3.93. The van der Waals surface area contributed by atoms with Crippen molar-refractivity contribution in [1.29, 1.82) is 0 Å². The fourth-order valence-electron chi connectivity index (χ4n) is 1.89. The number of rotatable bonds is 6. The van der Waals surface area contributed by atoms with Crippen LogP contribution in [-0.2, 0) is 7.05 Å². The van der Waals surface area contributed by atoms with Gasteiger partial charge in [-0.05, 0) is 13.3 Å².